The van der Waals surface area contributed by atoms with Crippen LogP contribution in [0.5, 0.6) is 0 Å². The molecule has 0 aromatic carbocycles. The maximum atomic E-state index is 5.24. The number of nitrogens with one attached hydrogen (secondary N) is 1. The third-order valence-corrected chi connectivity index (χ3v) is 2.79. The number of halogens is 1. The van der Waals surface area contributed by atoms with Crippen LogP contribution in [0.15, 0.2) is 27.3 Å². The number of aromatic nitrogens is 2. The van der Waals surface area contributed by atoms with E-state index >= 15 is 0 Å². The molecule has 3 rings (SSSR count). The van der Waals surface area contributed by atoms with Crippen molar-refractivity contribution in [2.75, 3.05) is 6.54 Å². The Morgan fingerprint density at radius 2 is 2.29 bits per heavy atom. The zero-order chi connectivity index (χ0) is 10.8. The van der Waals surface area contributed by atoms with Crippen LogP contribution in [0.3, 0.4) is 0 Å². The van der Waals surface area contributed by atoms with Crippen molar-refractivity contribution >= 4 is 12.4 Å². The maximum absolute atomic E-state index is 5.24. The van der Waals surface area contributed by atoms with Gasteiger partial charge in [0.25, 0.3) is 0 Å². The number of nitrogens with zero attached hydrogens (tertiary/aromatic N) is 2. The van der Waals surface area contributed by atoms with E-state index in [4.69, 9.17) is 8.94 Å². The van der Waals surface area contributed by atoms with Crippen LogP contribution in [-0.2, 0) is 0 Å². The third-order valence-electron chi connectivity index (χ3n) is 2.79. The summed E-state index contributed by atoms with van der Waals surface area (Å²) in [4.78, 5) is 4.34. The Balaban J connectivity index is 0.00000108. The van der Waals surface area contributed by atoms with Crippen LogP contribution in [0.2, 0.25) is 0 Å². The molecule has 0 bridgehead atoms. The highest BCUT2D eigenvalue weighted by Crippen LogP contribution is 2.24. The molecule has 1 N–H and O–H groups in total. The molecule has 0 unspecified atom stereocenters. The van der Waals surface area contributed by atoms with Gasteiger partial charge >= 0.3 is 0 Å². The smallest absolute Gasteiger partial charge is 0.244 e. The van der Waals surface area contributed by atoms with Gasteiger partial charge in [-0.3, -0.25) is 0 Å². The Hall–Kier alpha value is -1.33. The second-order valence-electron chi connectivity index (χ2n) is 3.94. The van der Waals surface area contributed by atoms with E-state index in [1.165, 1.54) is 12.8 Å². The molecular formula is C11H14ClN3O2. The third kappa shape index (κ3) is 2.50. The predicted molar refractivity (Wildman–Crippen MR) is 63.8 cm³/mol. The van der Waals surface area contributed by atoms with Gasteiger partial charge in [-0.2, -0.15) is 4.98 Å². The number of furan rings is 1. The molecule has 0 saturated carbocycles. The zero-order valence-electron chi connectivity index (χ0n) is 9.26. The first kappa shape index (κ1) is 12.1. The lowest BCUT2D eigenvalue weighted by atomic mass is 10.1. The van der Waals surface area contributed by atoms with Crippen molar-refractivity contribution in [3.8, 4) is 11.6 Å². The highest BCUT2D eigenvalue weighted by atomic mass is 35.5. The van der Waals surface area contributed by atoms with Crippen molar-refractivity contribution in [3.63, 3.8) is 0 Å². The molecule has 1 fully saturated rings. The molecule has 0 radical (unpaired) electrons. The van der Waals surface area contributed by atoms with E-state index in [-0.39, 0.29) is 18.4 Å². The first-order valence-electron chi connectivity index (χ1n) is 5.54. The molecule has 3 heterocycles. The van der Waals surface area contributed by atoms with Crippen molar-refractivity contribution < 1.29 is 8.94 Å². The van der Waals surface area contributed by atoms with Gasteiger partial charge in [0, 0.05) is 0 Å². The quantitative estimate of drug-likeness (QED) is 0.894. The van der Waals surface area contributed by atoms with E-state index in [9.17, 15) is 0 Å². The molecule has 1 aliphatic heterocycles. The average molecular weight is 256 g/mol. The largest absolute Gasteiger partial charge is 0.461 e. The van der Waals surface area contributed by atoms with Crippen molar-refractivity contribution in [1.82, 2.24) is 15.5 Å². The Kier molecular flexibility index (Phi) is 3.81. The minimum Gasteiger partial charge on any atom is -0.461 e. The fourth-order valence-corrected chi connectivity index (χ4v) is 1.95. The van der Waals surface area contributed by atoms with Crippen LogP contribution in [0.4, 0.5) is 0 Å². The molecule has 6 heteroatoms. The Bertz CT molecular complexity index is 449. The lowest BCUT2D eigenvalue weighted by Crippen LogP contribution is -2.26. The predicted octanol–water partition coefficient (Wildman–Crippen LogP) is 2.57. The van der Waals surface area contributed by atoms with E-state index in [1.807, 2.05) is 12.1 Å². The number of rotatable bonds is 2. The van der Waals surface area contributed by atoms with E-state index in [2.05, 4.69) is 15.5 Å². The summed E-state index contributed by atoms with van der Waals surface area (Å²) < 4.78 is 10.5. The van der Waals surface area contributed by atoms with Gasteiger partial charge in [-0.15, -0.1) is 12.4 Å². The first-order chi connectivity index (χ1) is 7.93. The van der Waals surface area contributed by atoms with Crippen LogP contribution in [0.25, 0.3) is 11.6 Å². The molecule has 0 spiro atoms. The minimum absolute atomic E-state index is 0. The van der Waals surface area contributed by atoms with Gasteiger partial charge in [-0.05, 0) is 31.5 Å². The second kappa shape index (κ2) is 5.33. The monoisotopic (exact) mass is 255 g/mol. The molecule has 17 heavy (non-hydrogen) atoms. The average Bonchev–Trinajstić information content (AvgIpc) is 3.01. The summed E-state index contributed by atoms with van der Waals surface area (Å²) in [6.45, 7) is 1.02. The molecule has 2 aromatic rings. The Morgan fingerprint density at radius 3 is 3.00 bits per heavy atom. The van der Waals surface area contributed by atoms with Gasteiger partial charge in [0.1, 0.15) is 0 Å². The molecule has 1 aliphatic rings. The first-order valence-corrected chi connectivity index (χ1v) is 5.54. The Labute approximate surface area is 105 Å². The van der Waals surface area contributed by atoms with Gasteiger partial charge in [-0.1, -0.05) is 11.6 Å². The van der Waals surface area contributed by atoms with Crippen LogP contribution < -0.4 is 5.32 Å². The van der Waals surface area contributed by atoms with Gasteiger partial charge in [0.05, 0.1) is 12.3 Å². The van der Waals surface area contributed by atoms with E-state index in [1.54, 1.807) is 6.26 Å². The van der Waals surface area contributed by atoms with E-state index in [0.717, 1.165) is 13.0 Å². The lowest BCUT2D eigenvalue weighted by molar-refractivity contribution is 0.297. The van der Waals surface area contributed by atoms with Gasteiger partial charge in [0.15, 0.2) is 5.76 Å². The Morgan fingerprint density at radius 1 is 1.35 bits per heavy atom. The van der Waals surface area contributed by atoms with Crippen molar-refractivity contribution in [2.24, 2.45) is 0 Å². The molecule has 5 nitrogen and oxygen atoms in total. The molecule has 0 aliphatic carbocycles. The van der Waals surface area contributed by atoms with Crippen molar-refractivity contribution in [3.05, 3.63) is 24.3 Å². The second-order valence-corrected chi connectivity index (χ2v) is 3.94. The SMILES string of the molecule is Cl.c1coc(-c2noc([C@H]3CCCCN3)n2)c1. The van der Waals surface area contributed by atoms with E-state index < -0.39 is 0 Å². The summed E-state index contributed by atoms with van der Waals surface area (Å²) in [5.74, 6) is 1.82. The number of hydrogen-bond acceptors (Lipinski definition) is 5. The number of piperidine rings is 1. The summed E-state index contributed by atoms with van der Waals surface area (Å²) in [5, 5.41) is 7.28. The lowest BCUT2D eigenvalue weighted by Gasteiger charge is -2.19. The highest BCUT2D eigenvalue weighted by molar-refractivity contribution is 5.85. The van der Waals surface area contributed by atoms with Crippen molar-refractivity contribution in [2.45, 2.75) is 25.3 Å². The highest BCUT2D eigenvalue weighted by Gasteiger charge is 2.21. The molecule has 2 aromatic heterocycles. The van der Waals surface area contributed by atoms with Crippen LogP contribution in [0.1, 0.15) is 31.2 Å². The van der Waals surface area contributed by atoms with Crippen LogP contribution >= 0.6 is 12.4 Å². The van der Waals surface area contributed by atoms with Crippen molar-refractivity contribution in [1.29, 1.82) is 0 Å². The maximum Gasteiger partial charge on any atom is 0.244 e. The standard InChI is InChI=1S/C11H13N3O2.ClH/c1-2-6-12-8(4-1)11-13-10(14-16-11)9-5-3-7-15-9;/h3,5,7-8,12H,1-2,4,6H2;1H/t8-;/m1./s1. The fourth-order valence-electron chi connectivity index (χ4n) is 1.95. The molecule has 1 atom stereocenters. The summed E-state index contributed by atoms with van der Waals surface area (Å²) in [7, 11) is 0. The molecule has 1 saturated heterocycles. The summed E-state index contributed by atoms with van der Waals surface area (Å²) in [5.41, 5.74) is 0. The topological polar surface area (TPSA) is 64.1 Å². The minimum atomic E-state index is 0. The zero-order valence-corrected chi connectivity index (χ0v) is 10.1. The number of hydrogen-bond donors (Lipinski definition) is 1. The summed E-state index contributed by atoms with van der Waals surface area (Å²) >= 11 is 0. The van der Waals surface area contributed by atoms with Gasteiger partial charge in [0.2, 0.25) is 11.7 Å². The van der Waals surface area contributed by atoms with Crippen LogP contribution in [-0.4, -0.2) is 16.7 Å². The van der Waals surface area contributed by atoms with E-state index in [0.29, 0.717) is 17.5 Å². The van der Waals surface area contributed by atoms with Crippen LogP contribution in [0, 0.1) is 0 Å². The molecular weight excluding hydrogens is 242 g/mol. The fraction of sp³-hybridized carbons (Fsp3) is 0.455. The van der Waals surface area contributed by atoms with Gasteiger partial charge in [-0.25, -0.2) is 0 Å². The summed E-state index contributed by atoms with van der Waals surface area (Å²) in [6.07, 6.45) is 5.08. The normalized spacial score (nSPS) is 19.9. The van der Waals surface area contributed by atoms with Gasteiger partial charge < -0.3 is 14.3 Å². The molecule has 92 valence electrons. The summed E-state index contributed by atoms with van der Waals surface area (Å²) in [6, 6.07) is 3.83. The molecule has 0 amide bonds.